The van der Waals surface area contributed by atoms with E-state index in [1.807, 2.05) is 49.4 Å². The lowest BCUT2D eigenvalue weighted by molar-refractivity contribution is -0.146. The molecular weight excluding hydrogens is 390 g/mol. The fourth-order valence-corrected chi connectivity index (χ4v) is 3.27. The summed E-state index contributed by atoms with van der Waals surface area (Å²) in [5.41, 5.74) is 1.64. The Hall–Kier alpha value is -1.79. The first kappa shape index (κ1) is 18.5. The molecule has 4 nitrogen and oxygen atoms in total. The molecule has 126 valence electrons. The largest absolute Gasteiger partial charge is 0.456 e. The Kier molecular flexibility index (Phi) is 7.34. The summed E-state index contributed by atoms with van der Waals surface area (Å²) in [7, 11) is 0. The van der Waals surface area contributed by atoms with Crippen molar-refractivity contribution < 1.29 is 14.3 Å². The van der Waals surface area contributed by atoms with Crippen LogP contribution in [0.4, 0.5) is 5.69 Å². The molecule has 0 aliphatic rings. The lowest BCUT2D eigenvalue weighted by Crippen LogP contribution is -2.21. The number of carbonyl (C=O) groups excluding carboxylic acids is 2. The molecule has 0 aliphatic heterocycles. The molecule has 0 radical (unpaired) electrons. The third kappa shape index (κ3) is 6.37. The Morgan fingerprint density at radius 1 is 1.17 bits per heavy atom. The third-order valence-electron chi connectivity index (χ3n) is 3.14. The first-order chi connectivity index (χ1) is 11.5. The molecule has 0 aliphatic carbocycles. The Balaban J connectivity index is 1.68. The van der Waals surface area contributed by atoms with Gasteiger partial charge in [0.15, 0.2) is 6.61 Å². The van der Waals surface area contributed by atoms with Gasteiger partial charge in [-0.25, -0.2) is 0 Å². The van der Waals surface area contributed by atoms with Gasteiger partial charge in [0.1, 0.15) is 0 Å². The number of thioether (sulfide) groups is 1. The quantitative estimate of drug-likeness (QED) is 0.544. The molecule has 0 saturated heterocycles. The Bertz CT molecular complexity index is 707. The second kappa shape index (κ2) is 9.49. The van der Waals surface area contributed by atoms with E-state index in [9.17, 15) is 9.59 Å². The van der Waals surface area contributed by atoms with E-state index in [1.165, 1.54) is 0 Å². The van der Waals surface area contributed by atoms with Crippen molar-refractivity contribution >= 4 is 45.3 Å². The number of esters is 1. The smallest absolute Gasteiger partial charge is 0.307 e. The second-order valence-electron chi connectivity index (χ2n) is 5.08. The highest BCUT2D eigenvalue weighted by molar-refractivity contribution is 9.10. The number of rotatable bonds is 7. The van der Waals surface area contributed by atoms with Crippen molar-refractivity contribution in [3.8, 4) is 0 Å². The molecule has 0 fully saturated rings. The number of anilines is 1. The summed E-state index contributed by atoms with van der Waals surface area (Å²) >= 11 is 4.95. The zero-order valence-corrected chi connectivity index (χ0v) is 15.7. The van der Waals surface area contributed by atoms with Gasteiger partial charge < -0.3 is 10.1 Å². The van der Waals surface area contributed by atoms with Gasteiger partial charge in [-0.3, -0.25) is 9.59 Å². The minimum absolute atomic E-state index is 0.268. The van der Waals surface area contributed by atoms with Gasteiger partial charge in [-0.1, -0.05) is 34.1 Å². The zero-order valence-electron chi connectivity index (χ0n) is 13.3. The minimum atomic E-state index is -0.374. The summed E-state index contributed by atoms with van der Waals surface area (Å²) in [5, 5.41) is 2.73. The second-order valence-corrected chi connectivity index (χ2v) is 7.16. The summed E-state index contributed by atoms with van der Waals surface area (Å²) in [6, 6.07) is 15.4. The summed E-state index contributed by atoms with van der Waals surface area (Å²) in [6.07, 6.45) is 0.268. The molecule has 0 aromatic heterocycles. The van der Waals surface area contributed by atoms with Crippen molar-refractivity contribution in [2.75, 3.05) is 17.7 Å². The van der Waals surface area contributed by atoms with Crippen molar-refractivity contribution in [2.45, 2.75) is 18.2 Å². The highest BCUT2D eigenvalue weighted by atomic mass is 79.9. The highest BCUT2D eigenvalue weighted by Crippen LogP contribution is 2.20. The number of nitrogens with one attached hydrogen (secondary N) is 1. The molecule has 0 spiro atoms. The van der Waals surface area contributed by atoms with Crippen LogP contribution < -0.4 is 5.32 Å². The Labute approximate surface area is 154 Å². The molecule has 2 aromatic rings. The van der Waals surface area contributed by atoms with Crippen molar-refractivity contribution in [2.24, 2.45) is 0 Å². The molecule has 0 unspecified atom stereocenters. The highest BCUT2D eigenvalue weighted by Gasteiger charge is 2.09. The fourth-order valence-electron chi connectivity index (χ4n) is 1.94. The fraction of sp³-hybridized carbons (Fsp3) is 0.222. The van der Waals surface area contributed by atoms with Crippen molar-refractivity contribution in [1.82, 2.24) is 0 Å². The van der Waals surface area contributed by atoms with Crippen LogP contribution in [-0.4, -0.2) is 24.2 Å². The van der Waals surface area contributed by atoms with Crippen LogP contribution in [0.3, 0.4) is 0 Å². The SMILES string of the molecule is Cc1cc(Br)ccc1NC(=O)COC(=O)CCSc1ccccc1. The van der Waals surface area contributed by atoms with Crippen LogP contribution in [0.15, 0.2) is 57.9 Å². The number of carbonyl (C=O) groups is 2. The van der Waals surface area contributed by atoms with E-state index in [0.717, 1.165) is 14.9 Å². The molecule has 24 heavy (non-hydrogen) atoms. The van der Waals surface area contributed by atoms with Crippen molar-refractivity contribution in [1.29, 1.82) is 0 Å². The first-order valence-electron chi connectivity index (χ1n) is 7.44. The molecule has 0 atom stereocenters. The van der Waals surface area contributed by atoms with E-state index in [-0.39, 0.29) is 24.9 Å². The van der Waals surface area contributed by atoms with E-state index < -0.39 is 0 Å². The number of amides is 1. The molecule has 0 heterocycles. The lowest BCUT2D eigenvalue weighted by atomic mass is 10.2. The monoisotopic (exact) mass is 407 g/mol. The molecule has 6 heteroatoms. The number of hydrogen-bond donors (Lipinski definition) is 1. The minimum Gasteiger partial charge on any atom is -0.456 e. The van der Waals surface area contributed by atoms with Crippen LogP contribution in [0.5, 0.6) is 0 Å². The van der Waals surface area contributed by atoms with E-state index in [4.69, 9.17) is 4.74 Å². The lowest BCUT2D eigenvalue weighted by Gasteiger charge is -2.09. The van der Waals surface area contributed by atoms with Gasteiger partial charge in [-0.05, 0) is 42.8 Å². The van der Waals surface area contributed by atoms with Crippen LogP contribution in [-0.2, 0) is 14.3 Å². The average molecular weight is 408 g/mol. The van der Waals surface area contributed by atoms with Crippen LogP contribution >= 0.6 is 27.7 Å². The maximum atomic E-state index is 11.8. The number of ether oxygens (including phenoxy) is 1. The molecule has 0 bridgehead atoms. The van der Waals surface area contributed by atoms with E-state index in [1.54, 1.807) is 17.8 Å². The number of benzene rings is 2. The summed E-state index contributed by atoms with van der Waals surface area (Å²) in [6.45, 7) is 1.62. The molecule has 1 N–H and O–H groups in total. The molecular formula is C18H18BrNO3S. The van der Waals surface area contributed by atoms with Crippen molar-refractivity contribution in [3.63, 3.8) is 0 Å². The van der Waals surface area contributed by atoms with Gasteiger partial charge in [0.2, 0.25) is 0 Å². The van der Waals surface area contributed by atoms with Crippen LogP contribution in [0.25, 0.3) is 0 Å². The number of halogens is 1. The third-order valence-corrected chi connectivity index (χ3v) is 4.65. The van der Waals surface area contributed by atoms with Crippen LogP contribution in [0.1, 0.15) is 12.0 Å². The van der Waals surface area contributed by atoms with Gasteiger partial charge >= 0.3 is 5.97 Å². The Morgan fingerprint density at radius 2 is 1.92 bits per heavy atom. The normalized spacial score (nSPS) is 10.2. The molecule has 0 saturated carbocycles. The number of hydrogen-bond acceptors (Lipinski definition) is 4. The maximum Gasteiger partial charge on any atom is 0.307 e. The van der Waals surface area contributed by atoms with Gasteiger partial charge in [-0.2, -0.15) is 0 Å². The number of aryl methyl sites for hydroxylation is 1. The predicted molar refractivity (Wildman–Crippen MR) is 100 cm³/mol. The van der Waals surface area contributed by atoms with Crippen LogP contribution in [0, 0.1) is 6.92 Å². The summed E-state index contributed by atoms with van der Waals surface area (Å²) in [5.74, 6) is -0.0957. The van der Waals surface area contributed by atoms with Gasteiger partial charge in [-0.15, -0.1) is 11.8 Å². The maximum absolute atomic E-state index is 11.8. The summed E-state index contributed by atoms with van der Waals surface area (Å²) in [4.78, 5) is 24.6. The topological polar surface area (TPSA) is 55.4 Å². The molecule has 2 rings (SSSR count). The summed E-state index contributed by atoms with van der Waals surface area (Å²) < 4.78 is 5.95. The zero-order chi connectivity index (χ0) is 17.4. The molecule has 1 amide bonds. The molecule has 2 aromatic carbocycles. The van der Waals surface area contributed by atoms with E-state index in [2.05, 4.69) is 21.2 Å². The van der Waals surface area contributed by atoms with E-state index >= 15 is 0 Å². The van der Waals surface area contributed by atoms with Crippen LogP contribution in [0.2, 0.25) is 0 Å². The van der Waals surface area contributed by atoms with Gasteiger partial charge in [0.05, 0.1) is 6.42 Å². The van der Waals surface area contributed by atoms with Crippen molar-refractivity contribution in [3.05, 3.63) is 58.6 Å². The van der Waals surface area contributed by atoms with Gasteiger partial charge in [0.25, 0.3) is 5.91 Å². The first-order valence-corrected chi connectivity index (χ1v) is 9.22. The standard InChI is InChI=1S/C18H18BrNO3S/c1-13-11-14(19)7-8-16(13)20-17(21)12-23-18(22)9-10-24-15-5-3-2-4-6-15/h2-8,11H,9-10,12H2,1H3,(H,20,21). The van der Waals surface area contributed by atoms with Gasteiger partial charge in [0, 0.05) is 20.8 Å². The average Bonchev–Trinajstić information content (AvgIpc) is 2.56. The van der Waals surface area contributed by atoms with E-state index in [0.29, 0.717) is 11.4 Å². The Morgan fingerprint density at radius 3 is 2.62 bits per heavy atom. The predicted octanol–water partition coefficient (Wildman–Crippen LogP) is 4.42.